The molecule has 1 saturated carbocycles. The summed E-state index contributed by atoms with van der Waals surface area (Å²) in [6.45, 7) is 0. The van der Waals surface area contributed by atoms with Crippen LogP contribution in [0.1, 0.15) is 24.3 Å². The summed E-state index contributed by atoms with van der Waals surface area (Å²) in [6, 6.07) is 9.76. The summed E-state index contributed by atoms with van der Waals surface area (Å²) in [7, 11) is 0. The van der Waals surface area contributed by atoms with Gasteiger partial charge < -0.3 is 4.98 Å². The van der Waals surface area contributed by atoms with Gasteiger partial charge in [-0.2, -0.15) is 0 Å². The van der Waals surface area contributed by atoms with Gasteiger partial charge in [0.2, 0.25) is 0 Å². The maximum atomic E-state index is 11.3. The molecule has 0 bridgehead atoms. The second kappa shape index (κ2) is 3.59. The van der Waals surface area contributed by atoms with Crippen LogP contribution in [-0.4, -0.2) is 9.97 Å². The van der Waals surface area contributed by atoms with E-state index in [4.69, 9.17) is 0 Å². The van der Waals surface area contributed by atoms with Gasteiger partial charge in [0.15, 0.2) is 0 Å². The fourth-order valence-corrected chi connectivity index (χ4v) is 2.00. The van der Waals surface area contributed by atoms with Crippen molar-refractivity contribution in [3.63, 3.8) is 0 Å². The molecule has 1 N–H and O–H groups in total. The Morgan fingerprint density at radius 2 is 2.06 bits per heavy atom. The quantitative estimate of drug-likeness (QED) is 0.830. The highest BCUT2D eigenvalue weighted by molar-refractivity contribution is 5.64. The number of benzene rings is 1. The third-order valence-electron chi connectivity index (χ3n) is 2.93. The lowest BCUT2D eigenvalue weighted by Crippen LogP contribution is -2.05. The van der Waals surface area contributed by atoms with E-state index in [0.29, 0.717) is 5.92 Å². The molecule has 2 aromatic rings. The number of hydrogen-bond acceptors (Lipinski definition) is 2. The van der Waals surface area contributed by atoms with Crippen LogP contribution in [0.3, 0.4) is 0 Å². The molecule has 16 heavy (non-hydrogen) atoms. The number of hydrogen-bond donors (Lipinski definition) is 1. The van der Waals surface area contributed by atoms with Crippen molar-refractivity contribution in [3.8, 4) is 11.3 Å². The Morgan fingerprint density at radius 3 is 2.81 bits per heavy atom. The largest absolute Gasteiger partial charge is 0.313 e. The smallest absolute Gasteiger partial charge is 0.251 e. The molecular formula is C13H12N2O. The first-order valence-electron chi connectivity index (χ1n) is 5.48. The zero-order chi connectivity index (χ0) is 11.0. The first-order chi connectivity index (χ1) is 7.84. The fourth-order valence-electron chi connectivity index (χ4n) is 2.00. The Morgan fingerprint density at radius 1 is 1.25 bits per heavy atom. The normalized spacial score (nSPS) is 15.0. The Labute approximate surface area is 93.2 Å². The summed E-state index contributed by atoms with van der Waals surface area (Å²) in [4.78, 5) is 18.0. The van der Waals surface area contributed by atoms with E-state index < -0.39 is 0 Å². The summed E-state index contributed by atoms with van der Waals surface area (Å²) < 4.78 is 0. The van der Waals surface area contributed by atoms with Crippen LogP contribution in [0.15, 0.2) is 41.5 Å². The highest BCUT2D eigenvalue weighted by Crippen LogP contribution is 2.43. The topological polar surface area (TPSA) is 45.8 Å². The van der Waals surface area contributed by atoms with Crippen LogP contribution in [0.2, 0.25) is 0 Å². The summed E-state index contributed by atoms with van der Waals surface area (Å²) in [5, 5.41) is 0. The van der Waals surface area contributed by atoms with Gasteiger partial charge in [0, 0.05) is 11.6 Å². The lowest BCUT2D eigenvalue weighted by Gasteiger charge is -2.06. The molecule has 0 radical (unpaired) electrons. The summed E-state index contributed by atoms with van der Waals surface area (Å²) in [5.74, 6) is 0.664. The fraction of sp³-hybridized carbons (Fsp3) is 0.231. The Balaban J connectivity index is 2.15. The van der Waals surface area contributed by atoms with Gasteiger partial charge in [0.25, 0.3) is 5.56 Å². The van der Waals surface area contributed by atoms with E-state index in [1.807, 2.05) is 18.2 Å². The van der Waals surface area contributed by atoms with Crippen molar-refractivity contribution in [1.29, 1.82) is 0 Å². The van der Waals surface area contributed by atoms with E-state index in [0.717, 1.165) is 11.3 Å². The monoisotopic (exact) mass is 212 g/mol. The Hall–Kier alpha value is -1.90. The Bertz CT molecular complexity index is 570. The molecule has 80 valence electrons. The van der Waals surface area contributed by atoms with Crippen molar-refractivity contribution in [2.24, 2.45) is 0 Å². The third-order valence-corrected chi connectivity index (χ3v) is 2.93. The van der Waals surface area contributed by atoms with Crippen molar-refractivity contribution >= 4 is 0 Å². The second-order valence-electron chi connectivity index (χ2n) is 4.16. The van der Waals surface area contributed by atoms with Crippen LogP contribution in [0.5, 0.6) is 0 Å². The summed E-state index contributed by atoms with van der Waals surface area (Å²) >= 11 is 0. The minimum absolute atomic E-state index is 0.101. The van der Waals surface area contributed by atoms with Crippen molar-refractivity contribution in [1.82, 2.24) is 9.97 Å². The van der Waals surface area contributed by atoms with Crippen LogP contribution < -0.4 is 5.56 Å². The molecule has 3 heteroatoms. The molecule has 1 aromatic heterocycles. The van der Waals surface area contributed by atoms with Gasteiger partial charge in [-0.25, -0.2) is 4.98 Å². The number of nitrogens with zero attached hydrogens (tertiary/aromatic N) is 1. The van der Waals surface area contributed by atoms with Gasteiger partial charge >= 0.3 is 0 Å². The van der Waals surface area contributed by atoms with Crippen LogP contribution in [0.4, 0.5) is 0 Å². The van der Waals surface area contributed by atoms with Crippen LogP contribution in [-0.2, 0) is 0 Å². The molecule has 0 aliphatic heterocycles. The van der Waals surface area contributed by atoms with E-state index in [1.165, 1.54) is 24.7 Å². The van der Waals surface area contributed by atoms with E-state index in [-0.39, 0.29) is 5.56 Å². The molecule has 0 unspecified atom stereocenters. The Kier molecular flexibility index (Phi) is 2.10. The maximum Gasteiger partial charge on any atom is 0.251 e. The number of rotatable bonds is 2. The number of aromatic nitrogens is 2. The lowest BCUT2D eigenvalue weighted by molar-refractivity contribution is 1.09. The molecule has 1 heterocycles. The minimum Gasteiger partial charge on any atom is -0.313 e. The number of nitrogens with one attached hydrogen (secondary N) is 1. The van der Waals surface area contributed by atoms with Crippen LogP contribution >= 0.6 is 0 Å². The molecule has 3 rings (SSSR count). The molecule has 0 spiro atoms. The predicted octanol–water partition coefficient (Wildman–Crippen LogP) is 2.31. The molecule has 1 aliphatic rings. The molecule has 1 aliphatic carbocycles. The van der Waals surface area contributed by atoms with Gasteiger partial charge in [-0.3, -0.25) is 4.79 Å². The van der Waals surface area contributed by atoms with Crippen LogP contribution in [0.25, 0.3) is 11.3 Å². The van der Waals surface area contributed by atoms with Gasteiger partial charge in [0.05, 0.1) is 12.0 Å². The SMILES string of the molecule is O=c1cc(-c2ccccc2C2CC2)nc[nH]1. The van der Waals surface area contributed by atoms with Gasteiger partial charge in [-0.15, -0.1) is 0 Å². The highest BCUT2D eigenvalue weighted by Gasteiger charge is 2.26. The predicted molar refractivity (Wildman–Crippen MR) is 62.3 cm³/mol. The van der Waals surface area contributed by atoms with Crippen LogP contribution in [0, 0.1) is 0 Å². The zero-order valence-corrected chi connectivity index (χ0v) is 8.81. The average molecular weight is 212 g/mol. The van der Waals surface area contributed by atoms with E-state index in [1.54, 1.807) is 6.07 Å². The molecular weight excluding hydrogens is 200 g/mol. The lowest BCUT2D eigenvalue weighted by atomic mass is 10.0. The van der Waals surface area contributed by atoms with Gasteiger partial charge in [0.1, 0.15) is 0 Å². The number of H-pyrrole nitrogens is 1. The summed E-state index contributed by atoms with van der Waals surface area (Å²) in [5.41, 5.74) is 3.08. The highest BCUT2D eigenvalue weighted by atomic mass is 16.1. The number of aromatic amines is 1. The first kappa shape index (κ1) is 9.33. The van der Waals surface area contributed by atoms with E-state index in [2.05, 4.69) is 16.0 Å². The van der Waals surface area contributed by atoms with Crippen molar-refractivity contribution in [2.75, 3.05) is 0 Å². The average Bonchev–Trinajstić information content (AvgIpc) is 3.13. The standard InChI is InChI=1S/C13H12N2O/c16-13-7-12(14-8-15-13)11-4-2-1-3-10(11)9-5-6-9/h1-4,7-9H,5-6H2,(H,14,15,16). The van der Waals surface area contributed by atoms with Crippen molar-refractivity contribution in [2.45, 2.75) is 18.8 Å². The molecule has 0 atom stereocenters. The third kappa shape index (κ3) is 1.65. The molecule has 0 amide bonds. The minimum atomic E-state index is -0.101. The molecule has 1 fully saturated rings. The van der Waals surface area contributed by atoms with E-state index in [9.17, 15) is 4.79 Å². The van der Waals surface area contributed by atoms with Gasteiger partial charge in [-0.05, 0) is 24.3 Å². The molecule has 3 nitrogen and oxygen atoms in total. The maximum absolute atomic E-state index is 11.3. The molecule has 0 saturated heterocycles. The molecule has 1 aromatic carbocycles. The zero-order valence-electron chi connectivity index (χ0n) is 8.81. The van der Waals surface area contributed by atoms with Gasteiger partial charge in [-0.1, -0.05) is 24.3 Å². The van der Waals surface area contributed by atoms with Crippen molar-refractivity contribution < 1.29 is 0 Å². The first-order valence-corrected chi connectivity index (χ1v) is 5.48. The van der Waals surface area contributed by atoms with Crippen molar-refractivity contribution in [3.05, 3.63) is 52.6 Å². The second-order valence-corrected chi connectivity index (χ2v) is 4.16. The summed E-state index contributed by atoms with van der Waals surface area (Å²) in [6.07, 6.45) is 3.96. The van der Waals surface area contributed by atoms with E-state index >= 15 is 0 Å².